The van der Waals surface area contributed by atoms with Crippen molar-refractivity contribution >= 4 is 33.8 Å². The van der Waals surface area contributed by atoms with Crippen LogP contribution in [0, 0.1) is 0 Å². The summed E-state index contributed by atoms with van der Waals surface area (Å²) in [5, 5.41) is 2.99. The first-order chi connectivity index (χ1) is 8.27. The van der Waals surface area contributed by atoms with Crippen LogP contribution >= 0.6 is 23.7 Å². The highest BCUT2D eigenvalue weighted by atomic mass is 35.5. The average molecular weight is 327 g/mol. The lowest BCUT2D eigenvalue weighted by molar-refractivity contribution is 0.579. The van der Waals surface area contributed by atoms with Gasteiger partial charge in [-0.3, -0.25) is 0 Å². The van der Waals surface area contributed by atoms with Crippen molar-refractivity contribution < 1.29 is 8.42 Å². The Morgan fingerprint density at radius 3 is 2.32 bits per heavy atom. The summed E-state index contributed by atoms with van der Waals surface area (Å²) >= 11 is 1.34. The Labute approximate surface area is 126 Å². The van der Waals surface area contributed by atoms with Gasteiger partial charge in [0.05, 0.1) is 0 Å². The summed E-state index contributed by atoms with van der Waals surface area (Å²) in [5.74, 6) is 0. The second-order valence-electron chi connectivity index (χ2n) is 5.22. The molecule has 0 aliphatic carbocycles. The topological polar surface area (TPSA) is 58.2 Å². The summed E-state index contributed by atoms with van der Waals surface area (Å²) < 4.78 is 27.0. The SMILES string of the molecule is CNCCCNS(=O)(=O)c1ccc(C(C)(C)C)s1.Cl. The van der Waals surface area contributed by atoms with E-state index in [1.807, 2.05) is 13.1 Å². The van der Waals surface area contributed by atoms with E-state index >= 15 is 0 Å². The van der Waals surface area contributed by atoms with Crippen molar-refractivity contribution in [2.45, 2.75) is 36.8 Å². The van der Waals surface area contributed by atoms with Gasteiger partial charge in [0.1, 0.15) is 4.21 Å². The second-order valence-corrected chi connectivity index (χ2v) is 8.30. The van der Waals surface area contributed by atoms with Gasteiger partial charge in [-0.25, -0.2) is 13.1 Å². The Kier molecular flexibility index (Phi) is 7.54. The minimum Gasteiger partial charge on any atom is -0.320 e. The van der Waals surface area contributed by atoms with Crippen LogP contribution in [-0.2, 0) is 15.4 Å². The highest BCUT2D eigenvalue weighted by molar-refractivity contribution is 7.91. The van der Waals surface area contributed by atoms with Gasteiger partial charge in [0.2, 0.25) is 10.0 Å². The molecule has 1 aromatic rings. The first-order valence-corrected chi connectivity index (χ1v) is 8.32. The van der Waals surface area contributed by atoms with E-state index in [-0.39, 0.29) is 17.8 Å². The zero-order valence-corrected chi connectivity index (χ0v) is 14.3. The Morgan fingerprint density at radius 2 is 1.84 bits per heavy atom. The van der Waals surface area contributed by atoms with Crippen LogP contribution in [0.3, 0.4) is 0 Å². The van der Waals surface area contributed by atoms with Crippen LogP contribution in [0.4, 0.5) is 0 Å². The molecule has 2 N–H and O–H groups in total. The zero-order valence-electron chi connectivity index (χ0n) is 11.8. The molecular formula is C12H23ClN2O2S2. The molecule has 0 bridgehead atoms. The van der Waals surface area contributed by atoms with Gasteiger partial charge in [-0.2, -0.15) is 0 Å². The van der Waals surface area contributed by atoms with Crippen molar-refractivity contribution in [2.75, 3.05) is 20.1 Å². The molecule has 1 rings (SSSR count). The van der Waals surface area contributed by atoms with E-state index in [2.05, 4.69) is 30.8 Å². The van der Waals surface area contributed by atoms with Crippen molar-refractivity contribution in [1.29, 1.82) is 0 Å². The molecule has 0 aliphatic rings. The standard InChI is InChI=1S/C12H22N2O2S2.ClH/c1-12(2,3)10-6-7-11(17-10)18(15,16)14-9-5-8-13-4;/h6-7,13-14H,5,8-9H2,1-4H3;1H. The van der Waals surface area contributed by atoms with E-state index in [1.54, 1.807) is 6.07 Å². The van der Waals surface area contributed by atoms with Gasteiger partial charge >= 0.3 is 0 Å². The van der Waals surface area contributed by atoms with Crippen molar-refractivity contribution in [3.8, 4) is 0 Å². The lowest BCUT2D eigenvalue weighted by Gasteiger charge is -2.15. The lowest BCUT2D eigenvalue weighted by atomic mass is 9.95. The normalized spacial score (nSPS) is 12.2. The molecule has 0 fully saturated rings. The molecule has 7 heteroatoms. The van der Waals surface area contributed by atoms with Gasteiger partial charge in [0.25, 0.3) is 0 Å². The Bertz CT molecular complexity index is 478. The minimum atomic E-state index is -3.34. The minimum absolute atomic E-state index is 0. The fourth-order valence-electron chi connectivity index (χ4n) is 1.41. The molecule has 0 saturated heterocycles. The highest BCUT2D eigenvalue weighted by Crippen LogP contribution is 2.31. The Balaban J connectivity index is 0.00000324. The van der Waals surface area contributed by atoms with Crippen LogP contribution in [0.25, 0.3) is 0 Å². The van der Waals surface area contributed by atoms with Gasteiger partial charge in [-0.1, -0.05) is 20.8 Å². The van der Waals surface area contributed by atoms with Crippen LogP contribution in [0.2, 0.25) is 0 Å². The molecule has 0 aliphatic heterocycles. The van der Waals surface area contributed by atoms with Crippen LogP contribution in [-0.4, -0.2) is 28.6 Å². The number of hydrogen-bond acceptors (Lipinski definition) is 4. The summed E-state index contributed by atoms with van der Waals surface area (Å²) in [7, 11) is -1.49. The van der Waals surface area contributed by atoms with Crippen LogP contribution in [0.15, 0.2) is 16.3 Å². The van der Waals surface area contributed by atoms with Crippen molar-refractivity contribution in [3.63, 3.8) is 0 Å². The summed E-state index contributed by atoms with van der Waals surface area (Å²) in [6.45, 7) is 7.51. The molecule has 0 atom stereocenters. The van der Waals surface area contributed by atoms with Gasteiger partial charge in [0, 0.05) is 11.4 Å². The molecule has 0 radical (unpaired) electrons. The summed E-state index contributed by atoms with van der Waals surface area (Å²) in [6, 6.07) is 3.58. The van der Waals surface area contributed by atoms with Crippen LogP contribution < -0.4 is 10.0 Å². The number of thiophene rings is 1. The lowest BCUT2D eigenvalue weighted by Crippen LogP contribution is -2.26. The second kappa shape index (κ2) is 7.59. The smallest absolute Gasteiger partial charge is 0.250 e. The maximum Gasteiger partial charge on any atom is 0.250 e. The fraction of sp³-hybridized carbons (Fsp3) is 0.667. The number of rotatable bonds is 6. The first-order valence-electron chi connectivity index (χ1n) is 6.02. The monoisotopic (exact) mass is 326 g/mol. The van der Waals surface area contributed by atoms with Gasteiger partial charge in [-0.05, 0) is 37.6 Å². The van der Waals surface area contributed by atoms with Gasteiger partial charge < -0.3 is 5.32 Å². The molecule has 0 saturated carbocycles. The van der Waals surface area contributed by atoms with E-state index in [0.29, 0.717) is 10.8 Å². The van der Waals surface area contributed by atoms with E-state index in [1.165, 1.54) is 11.3 Å². The predicted molar refractivity (Wildman–Crippen MR) is 84.0 cm³/mol. The van der Waals surface area contributed by atoms with Crippen molar-refractivity contribution in [3.05, 3.63) is 17.0 Å². The third-order valence-electron chi connectivity index (χ3n) is 2.48. The molecular weight excluding hydrogens is 304 g/mol. The van der Waals surface area contributed by atoms with E-state index in [4.69, 9.17) is 0 Å². The summed E-state index contributed by atoms with van der Waals surface area (Å²) in [4.78, 5) is 1.08. The largest absolute Gasteiger partial charge is 0.320 e. The molecule has 1 heterocycles. The summed E-state index contributed by atoms with van der Waals surface area (Å²) in [5.41, 5.74) is -0.00936. The Morgan fingerprint density at radius 1 is 1.21 bits per heavy atom. The van der Waals surface area contributed by atoms with E-state index in [0.717, 1.165) is 17.8 Å². The zero-order chi connectivity index (χ0) is 13.8. The van der Waals surface area contributed by atoms with Crippen LogP contribution in [0.5, 0.6) is 0 Å². The molecule has 0 aromatic carbocycles. The van der Waals surface area contributed by atoms with E-state index < -0.39 is 10.0 Å². The molecule has 0 spiro atoms. The maximum atomic E-state index is 12.0. The molecule has 112 valence electrons. The van der Waals surface area contributed by atoms with Crippen LogP contribution in [0.1, 0.15) is 32.1 Å². The first kappa shape index (κ1) is 18.9. The number of sulfonamides is 1. The third kappa shape index (κ3) is 5.79. The Hall–Kier alpha value is -0.140. The molecule has 19 heavy (non-hydrogen) atoms. The average Bonchev–Trinajstić information content (AvgIpc) is 2.73. The molecule has 0 unspecified atom stereocenters. The molecule has 0 amide bonds. The predicted octanol–water partition coefficient (Wildman–Crippen LogP) is 2.36. The molecule has 1 aromatic heterocycles. The summed E-state index contributed by atoms with van der Waals surface area (Å²) in [6.07, 6.45) is 0.785. The quantitative estimate of drug-likeness (QED) is 0.789. The van der Waals surface area contributed by atoms with Gasteiger partial charge in [-0.15, -0.1) is 23.7 Å². The fourth-order valence-corrected chi connectivity index (χ4v) is 3.89. The number of halogens is 1. The van der Waals surface area contributed by atoms with Crippen molar-refractivity contribution in [2.24, 2.45) is 0 Å². The number of hydrogen-bond donors (Lipinski definition) is 2. The molecule has 4 nitrogen and oxygen atoms in total. The maximum absolute atomic E-state index is 12.0. The number of nitrogens with one attached hydrogen (secondary N) is 2. The van der Waals surface area contributed by atoms with Gasteiger partial charge in [0.15, 0.2) is 0 Å². The van der Waals surface area contributed by atoms with Crippen molar-refractivity contribution in [1.82, 2.24) is 10.0 Å². The highest BCUT2D eigenvalue weighted by Gasteiger charge is 2.21. The van der Waals surface area contributed by atoms with E-state index in [9.17, 15) is 8.42 Å². The third-order valence-corrected chi connectivity index (χ3v) is 5.94.